The molecule has 110 valence electrons. The molecule has 0 bridgehead atoms. The second-order valence-corrected chi connectivity index (χ2v) is 5.04. The normalized spacial score (nSPS) is 10.7. The van der Waals surface area contributed by atoms with Crippen LogP contribution in [-0.2, 0) is 9.59 Å². The number of benzene rings is 3. The Kier molecular flexibility index (Phi) is 3.74. The predicted molar refractivity (Wildman–Crippen MR) is 84.0 cm³/mol. The lowest BCUT2D eigenvalue weighted by atomic mass is 10.0. The molecule has 0 aliphatic rings. The third kappa shape index (κ3) is 2.91. The van der Waals surface area contributed by atoms with Gasteiger partial charge in [-0.1, -0.05) is 36.4 Å². The fourth-order valence-electron chi connectivity index (χ4n) is 2.41. The highest BCUT2D eigenvalue weighted by Gasteiger charge is 2.10. The largest absolute Gasteiger partial charge is 0.481 e. The number of fused-ring (bicyclic) bond motifs is 2. The van der Waals surface area contributed by atoms with Gasteiger partial charge in [0, 0.05) is 5.39 Å². The van der Waals surface area contributed by atoms with Crippen LogP contribution < -0.4 is 4.74 Å². The van der Waals surface area contributed by atoms with Gasteiger partial charge in [0.1, 0.15) is 5.75 Å². The second kappa shape index (κ2) is 5.85. The zero-order chi connectivity index (χ0) is 15.5. The molecule has 0 saturated heterocycles. The molecule has 3 aromatic rings. The summed E-state index contributed by atoms with van der Waals surface area (Å²) in [5.41, 5.74) is 0. The summed E-state index contributed by atoms with van der Waals surface area (Å²) in [5.74, 6) is -1.09. The number of ether oxygens (including phenoxy) is 1. The number of aliphatic carboxylic acids is 1. The Morgan fingerprint density at radius 2 is 1.55 bits per heavy atom. The van der Waals surface area contributed by atoms with Gasteiger partial charge < -0.3 is 9.84 Å². The molecule has 0 fully saturated rings. The van der Waals surface area contributed by atoms with Gasteiger partial charge in [0.05, 0.1) is 12.8 Å². The highest BCUT2D eigenvalue weighted by atomic mass is 16.5. The van der Waals surface area contributed by atoms with E-state index in [2.05, 4.69) is 0 Å². The van der Waals surface area contributed by atoms with E-state index in [1.54, 1.807) is 6.07 Å². The summed E-state index contributed by atoms with van der Waals surface area (Å²) in [6.07, 6.45) is -0.369. The number of esters is 1. The molecule has 4 heteroatoms. The number of rotatable bonds is 4. The minimum atomic E-state index is -1.01. The van der Waals surface area contributed by atoms with Crippen molar-refractivity contribution >= 4 is 33.5 Å². The van der Waals surface area contributed by atoms with Crippen LogP contribution in [0.4, 0.5) is 0 Å². The Hall–Kier alpha value is -2.88. The summed E-state index contributed by atoms with van der Waals surface area (Å²) in [5, 5.41) is 12.6. The van der Waals surface area contributed by atoms with Crippen molar-refractivity contribution in [2.24, 2.45) is 0 Å². The van der Waals surface area contributed by atoms with Crippen LogP contribution >= 0.6 is 0 Å². The number of hydrogen-bond acceptors (Lipinski definition) is 3. The number of carboxylic acid groups (broad SMARTS) is 1. The Bertz CT molecular complexity index is 867. The van der Waals surface area contributed by atoms with E-state index in [1.165, 1.54) is 0 Å². The van der Waals surface area contributed by atoms with Gasteiger partial charge in [-0.05, 0) is 34.4 Å². The van der Waals surface area contributed by atoms with Crippen LogP contribution in [0.25, 0.3) is 21.5 Å². The zero-order valence-corrected chi connectivity index (χ0v) is 11.8. The van der Waals surface area contributed by atoms with Crippen LogP contribution in [-0.4, -0.2) is 17.0 Å². The number of carbonyl (C=O) groups is 2. The number of carbonyl (C=O) groups excluding carboxylic acids is 1. The van der Waals surface area contributed by atoms with Gasteiger partial charge in [0.25, 0.3) is 0 Å². The molecule has 0 aliphatic carbocycles. The lowest BCUT2D eigenvalue weighted by Crippen LogP contribution is -2.10. The van der Waals surface area contributed by atoms with E-state index < -0.39 is 11.9 Å². The minimum absolute atomic E-state index is 0.140. The highest BCUT2D eigenvalue weighted by molar-refractivity contribution is 6.01. The average Bonchev–Trinajstić information content (AvgIpc) is 2.51. The Morgan fingerprint density at radius 3 is 2.27 bits per heavy atom. The predicted octanol–water partition coefficient (Wildman–Crippen LogP) is 3.76. The quantitative estimate of drug-likeness (QED) is 0.452. The molecule has 0 amide bonds. The van der Waals surface area contributed by atoms with Crippen LogP contribution in [0.1, 0.15) is 12.8 Å². The summed E-state index contributed by atoms with van der Waals surface area (Å²) in [7, 11) is 0. The van der Waals surface area contributed by atoms with E-state index in [0.29, 0.717) is 5.75 Å². The summed E-state index contributed by atoms with van der Waals surface area (Å²) in [6.45, 7) is 0. The fraction of sp³-hybridized carbons (Fsp3) is 0.111. The van der Waals surface area contributed by atoms with E-state index in [0.717, 1.165) is 21.5 Å². The summed E-state index contributed by atoms with van der Waals surface area (Å²) in [4.78, 5) is 22.2. The van der Waals surface area contributed by atoms with Crippen LogP contribution in [0.3, 0.4) is 0 Å². The van der Waals surface area contributed by atoms with Gasteiger partial charge in [-0.15, -0.1) is 0 Å². The van der Waals surface area contributed by atoms with Gasteiger partial charge in [0.15, 0.2) is 0 Å². The maximum atomic E-state index is 11.7. The first-order valence-corrected chi connectivity index (χ1v) is 6.97. The van der Waals surface area contributed by atoms with Crippen LogP contribution in [0, 0.1) is 0 Å². The molecule has 0 heterocycles. The van der Waals surface area contributed by atoms with E-state index in [4.69, 9.17) is 9.84 Å². The van der Waals surface area contributed by atoms with Crippen molar-refractivity contribution in [1.29, 1.82) is 0 Å². The highest BCUT2D eigenvalue weighted by Crippen LogP contribution is 2.30. The topological polar surface area (TPSA) is 63.6 Å². The smallest absolute Gasteiger partial charge is 0.311 e. The van der Waals surface area contributed by atoms with E-state index >= 15 is 0 Å². The van der Waals surface area contributed by atoms with E-state index in [-0.39, 0.29) is 12.8 Å². The molecule has 0 saturated carbocycles. The maximum absolute atomic E-state index is 11.7. The van der Waals surface area contributed by atoms with Crippen molar-refractivity contribution in [2.75, 3.05) is 0 Å². The molecule has 0 atom stereocenters. The third-order valence-corrected chi connectivity index (χ3v) is 3.47. The van der Waals surface area contributed by atoms with Crippen LogP contribution in [0.15, 0.2) is 54.6 Å². The van der Waals surface area contributed by atoms with Crippen molar-refractivity contribution in [1.82, 2.24) is 0 Å². The van der Waals surface area contributed by atoms with Crippen molar-refractivity contribution in [3.63, 3.8) is 0 Å². The molecule has 0 radical (unpaired) electrons. The monoisotopic (exact) mass is 294 g/mol. The number of hydrogen-bond donors (Lipinski definition) is 1. The molecule has 0 spiro atoms. The fourth-order valence-corrected chi connectivity index (χ4v) is 2.41. The van der Waals surface area contributed by atoms with Crippen molar-refractivity contribution in [3.05, 3.63) is 54.6 Å². The molecule has 22 heavy (non-hydrogen) atoms. The maximum Gasteiger partial charge on any atom is 0.311 e. The summed E-state index contributed by atoms with van der Waals surface area (Å²) in [6, 6.07) is 17.5. The van der Waals surface area contributed by atoms with Crippen molar-refractivity contribution in [3.8, 4) is 5.75 Å². The van der Waals surface area contributed by atoms with Gasteiger partial charge in [-0.25, -0.2) is 0 Å². The third-order valence-electron chi connectivity index (χ3n) is 3.47. The average molecular weight is 294 g/mol. The Morgan fingerprint density at radius 1 is 0.864 bits per heavy atom. The molecule has 0 aliphatic heterocycles. The Balaban J connectivity index is 1.97. The Labute approximate surface area is 126 Å². The van der Waals surface area contributed by atoms with Crippen LogP contribution in [0.5, 0.6) is 5.75 Å². The molecule has 3 rings (SSSR count). The lowest BCUT2D eigenvalue weighted by molar-refractivity contribution is -0.142. The zero-order valence-electron chi connectivity index (χ0n) is 11.8. The molecular weight excluding hydrogens is 280 g/mol. The van der Waals surface area contributed by atoms with Gasteiger partial charge >= 0.3 is 11.9 Å². The van der Waals surface area contributed by atoms with E-state index in [1.807, 2.05) is 48.5 Å². The van der Waals surface area contributed by atoms with Gasteiger partial charge in [-0.3, -0.25) is 9.59 Å². The standard InChI is InChI=1S/C18H14O4/c19-17(20)8-9-18(21)22-16-7-3-6-14-10-12-4-1-2-5-13(12)11-15(14)16/h1-7,10-11H,8-9H2,(H,19,20). The molecular formula is C18H14O4. The van der Waals surface area contributed by atoms with Crippen molar-refractivity contribution < 1.29 is 19.4 Å². The van der Waals surface area contributed by atoms with E-state index in [9.17, 15) is 9.59 Å². The molecule has 4 nitrogen and oxygen atoms in total. The first-order valence-electron chi connectivity index (χ1n) is 6.97. The second-order valence-electron chi connectivity index (χ2n) is 5.04. The molecule has 0 unspecified atom stereocenters. The first-order chi connectivity index (χ1) is 10.6. The van der Waals surface area contributed by atoms with Gasteiger partial charge in [0.2, 0.25) is 0 Å². The minimum Gasteiger partial charge on any atom is -0.481 e. The summed E-state index contributed by atoms with van der Waals surface area (Å²) >= 11 is 0. The molecule has 0 aromatic heterocycles. The molecule has 1 N–H and O–H groups in total. The number of carboxylic acids is 1. The van der Waals surface area contributed by atoms with Gasteiger partial charge in [-0.2, -0.15) is 0 Å². The lowest BCUT2D eigenvalue weighted by Gasteiger charge is -2.09. The van der Waals surface area contributed by atoms with Crippen LogP contribution in [0.2, 0.25) is 0 Å². The first kappa shape index (κ1) is 14.1. The summed E-state index contributed by atoms with van der Waals surface area (Å²) < 4.78 is 5.32. The van der Waals surface area contributed by atoms with Crippen molar-refractivity contribution in [2.45, 2.75) is 12.8 Å². The SMILES string of the molecule is O=C(O)CCC(=O)Oc1cccc2cc3ccccc3cc12. The molecule has 3 aromatic carbocycles.